The van der Waals surface area contributed by atoms with E-state index in [0.717, 1.165) is 12.8 Å². The summed E-state index contributed by atoms with van der Waals surface area (Å²) in [7, 11) is -3.54. The summed E-state index contributed by atoms with van der Waals surface area (Å²) in [5.41, 5.74) is 0. The fourth-order valence-corrected chi connectivity index (χ4v) is 5.72. The number of carbonyl (C=O) groups excluding carboxylic acids is 1. The lowest BCUT2D eigenvalue weighted by Gasteiger charge is -2.34. The summed E-state index contributed by atoms with van der Waals surface area (Å²) < 4.78 is 31.8. The molecule has 1 aliphatic carbocycles. The van der Waals surface area contributed by atoms with Crippen molar-refractivity contribution in [3.63, 3.8) is 0 Å². The van der Waals surface area contributed by atoms with E-state index in [0.29, 0.717) is 43.2 Å². The van der Waals surface area contributed by atoms with Gasteiger partial charge in [0.1, 0.15) is 4.90 Å². The highest BCUT2D eigenvalue weighted by Gasteiger charge is 2.28. The molecular formula is C19H29N3O4S2. The minimum atomic E-state index is -3.54. The second-order valence-corrected chi connectivity index (χ2v) is 10.5. The van der Waals surface area contributed by atoms with Crippen LogP contribution in [-0.4, -0.2) is 61.7 Å². The van der Waals surface area contributed by atoms with Gasteiger partial charge in [0.2, 0.25) is 15.9 Å². The van der Waals surface area contributed by atoms with Crippen LogP contribution in [0.1, 0.15) is 33.1 Å². The fraction of sp³-hybridized carbons (Fsp3) is 0.684. The number of sulfonamides is 1. The van der Waals surface area contributed by atoms with Crippen LogP contribution in [0.5, 0.6) is 0 Å². The second kappa shape index (κ2) is 9.56. The van der Waals surface area contributed by atoms with Gasteiger partial charge in [-0.2, -0.15) is 4.31 Å². The first-order chi connectivity index (χ1) is 13.4. The molecule has 0 radical (unpaired) electrons. The molecule has 1 N–H and O–H groups in total. The molecule has 1 aromatic rings. The number of amides is 1. The van der Waals surface area contributed by atoms with Crippen molar-refractivity contribution in [2.75, 3.05) is 32.1 Å². The summed E-state index contributed by atoms with van der Waals surface area (Å²) in [6, 6.07) is 3.46. The van der Waals surface area contributed by atoms with Crippen molar-refractivity contribution in [3.8, 4) is 0 Å². The third-order valence-corrected chi connectivity index (χ3v) is 8.55. The van der Waals surface area contributed by atoms with Crippen molar-refractivity contribution in [1.82, 2.24) is 14.6 Å². The Bertz CT molecular complexity index is 764. The van der Waals surface area contributed by atoms with Crippen LogP contribution in [0.4, 0.5) is 0 Å². The third-order valence-electron chi connectivity index (χ3n) is 5.72. The molecule has 28 heavy (non-hydrogen) atoms. The molecule has 1 aliphatic heterocycles. The number of aromatic nitrogens is 1. The van der Waals surface area contributed by atoms with Crippen LogP contribution >= 0.6 is 11.8 Å². The summed E-state index contributed by atoms with van der Waals surface area (Å²) >= 11 is 1.32. The molecule has 7 nitrogen and oxygen atoms in total. The van der Waals surface area contributed by atoms with Crippen molar-refractivity contribution < 1.29 is 17.9 Å². The molecule has 9 heteroatoms. The topological polar surface area (TPSA) is 88.6 Å². The van der Waals surface area contributed by atoms with Crippen LogP contribution in [0.15, 0.2) is 28.3 Å². The van der Waals surface area contributed by atoms with Crippen molar-refractivity contribution >= 4 is 27.7 Å². The number of hydrogen-bond acceptors (Lipinski definition) is 6. The number of thioether (sulfide) groups is 1. The van der Waals surface area contributed by atoms with Crippen LogP contribution in [0, 0.1) is 11.8 Å². The van der Waals surface area contributed by atoms with Gasteiger partial charge in [-0.1, -0.05) is 38.5 Å². The molecule has 2 aliphatic rings. The first-order valence-corrected chi connectivity index (χ1v) is 12.3. The van der Waals surface area contributed by atoms with Gasteiger partial charge in [-0.05, 0) is 30.4 Å². The summed E-state index contributed by atoms with van der Waals surface area (Å²) in [6.45, 7) is 5.99. The molecule has 2 heterocycles. The van der Waals surface area contributed by atoms with Crippen LogP contribution in [-0.2, 0) is 19.6 Å². The number of rotatable bonds is 6. The Balaban J connectivity index is 1.52. The van der Waals surface area contributed by atoms with Crippen LogP contribution in [0.3, 0.4) is 0 Å². The zero-order chi connectivity index (χ0) is 20.1. The molecule has 0 unspecified atom stereocenters. The lowest BCUT2D eigenvalue weighted by molar-refractivity contribution is -0.120. The molecule has 156 valence electrons. The maximum atomic E-state index is 12.6. The van der Waals surface area contributed by atoms with Gasteiger partial charge in [-0.25, -0.2) is 13.4 Å². The monoisotopic (exact) mass is 427 g/mol. The molecule has 2 fully saturated rings. The molecule has 1 aromatic heterocycles. The minimum absolute atomic E-state index is 0.00256. The molecule has 0 aromatic carbocycles. The number of nitrogens with one attached hydrogen (secondary N) is 1. The maximum Gasteiger partial charge on any atom is 0.244 e. The van der Waals surface area contributed by atoms with Crippen molar-refractivity contribution in [1.29, 1.82) is 0 Å². The van der Waals surface area contributed by atoms with Gasteiger partial charge in [-0.15, -0.1) is 0 Å². The predicted molar refractivity (Wildman–Crippen MR) is 109 cm³/mol. The van der Waals surface area contributed by atoms with Gasteiger partial charge < -0.3 is 10.1 Å². The van der Waals surface area contributed by atoms with E-state index < -0.39 is 10.0 Å². The normalized spacial score (nSPS) is 26.7. The lowest BCUT2D eigenvalue weighted by Crippen LogP contribution is -2.44. The van der Waals surface area contributed by atoms with Crippen molar-refractivity contribution in [2.45, 2.75) is 49.1 Å². The molecule has 3 rings (SSSR count). The summed E-state index contributed by atoms with van der Waals surface area (Å²) in [5.74, 6) is 1.41. The van der Waals surface area contributed by atoms with E-state index in [-0.39, 0.29) is 22.6 Å². The Morgan fingerprint density at radius 2 is 2.04 bits per heavy atom. The summed E-state index contributed by atoms with van der Waals surface area (Å²) in [5, 5.41) is 3.79. The Morgan fingerprint density at radius 1 is 1.29 bits per heavy atom. The zero-order valence-electron chi connectivity index (χ0n) is 16.5. The second-order valence-electron chi connectivity index (χ2n) is 7.58. The highest BCUT2D eigenvalue weighted by molar-refractivity contribution is 7.99. The zero-order valence-corrected chi connectivity index (χ0v) is 18.1. The Morgan fingerprint density at radius 3 is 2.71 bits per heavy atom. The molecule has 0 spiro atoms. The maximum absolute atomic E-state index is 12.6. The van der Waals surface area contributed by atoms with Gasteiger partial charge in [0.25, 0.3) is 0 Å². The highest BCUT2D eigenvalue weighted by Crippen LogP contribution is 2.29. The van der Waals surface area contributed by atoms with Crippen molar-refractivity contribution in [2.24, 2.45) is 11.8 Å². The Kier molecular flexibility index (Phi) is 7.36. The largest absolute Gasteiger partial charge is 0.379 e. The number of ether oxygens (including phenoxy) is 1. The van der Waals surface area contributed by atoms with Gasteiger partial charge in [0, 0.05) is 25.3 Å². The Hall–Kier alpha value is -1.16. The smallest absolute Gasteiger partial charge is 0.244 e. The molecular weight excluding hydrogens is 398 g/mol. The lowest BCUT2D eigenvalue weighted by atomic mass is 9.78. The summed E-state index contributed by atoms with van der Waals surface area (Å²) in [6.07, 6.45) is 4.79. The number of carbonyl (C=O) groups is 1. The van der Waals surface area contributed by atoms with Gasteiger partial charge in [0.15, 0.2) is 0 Å². The van der Waals surface area contributed by atoms with E-state index in [4.69, 9.17) is 4.74 Å². The van der Waals surface area contributed by atoms with Crippen LogP contribution < -0.4 is 5.32 Å². The van der Waals surface area contributed by atoms with E-state index in [9.17, 15) is 13.2 Å². The average Bonchev–Trinajstić information content (AvgIpc) is 2.71. The SMILES string of the molecule is C[C@@H]1[C@H](C)CCC[C@@H]1NC(=O)CSc1ccc(S(=O)(=O)N2CCOCC2)cn1. The van der Waals surface area contributed by atoms with Gasteiger partial charge >= 0.3 is 0 Å². The van der Waals surface area contributed by atoms with Gasteiger partial charge in [0.05, 0.1) is 24.0 Å². The van der Waals surface area contributed by atoms with Crippen molar-refractivity contribution in [3.05, 3.63) is 18.3 Å². The van der Waals surface area contributed by atoms with Crippen LogP contribution in [0.25, 0.3) is 0 Å². The molecule has 3 atom stereocenters. The van der Waals surface area contributed by atoms with Gasteiger partial charge in [-0.3, -0.25) is 4.79 Å². The molecule has 1 saturated heterocycles. The Labute approximate surface area is 171 Å². The first-order valence-electron chi connectivity index (χ1n) is 9.84. The van der Waals surface area contributed by atoms with E-state index in [1.807, 2.05) is 0 Å². The van der Waals surface area contributed by atoms with E-state index in [2.05, 4.69) is 24.1 Å². The molecule has 0 bridgehead atoms. The van der Waals surface area contributed by atoms with Crippen LogP contribution in [0.2, 0.25) is 0 Å². The summed E-state index contributed by atoms with van der Waals surface area (Å²) in [4.78, 5) is 16.7. The quantitative estimate of drug-likeness (QED) is 0.700. The standard InChI is InChI=1S/C19H29N3O4S2/c1-14-4-3-5-17(15(14)2)21-18(23)13-27-19-7-6-16(12-20-19)28(24,25)22-8-10-26-11-9-22/h6-7,12,14-15,17H,3-5,8-11,13H2,1-2H3,(H,21,23)/t14-,15-,17+/m1/s1. The minimum Gasteiger partial charge on any atom is -0.379 e. The molecule has 1 saturated carbocycles. The first kappa shape index (κ1) is 21.5. The van der Waals surface area contributed by atoms with E-state index in [1.54, 1.807) is 12.1 Å². The van der Waals surface area contributed by atoms with E-state index in [1.165, 1.54) is 28.7 Å². The number of hydrogen-bond donors (Lipinski definition) is 1. The average molecular weight is 428 g/mol. The third kappa shape index (κ3) is 5.25. The number of morpholine rings is 1. The highest BCUT2D eigenvalue weighted by atomic mass is 32.2. The molecule has 1 amide bonds. The van der Waals surface area contributed by atoms with E-state index >= 15 is 0 Å². The number of pyridine rings is 1. The fourth-order valence-electron chi connectivity index (χ4n) is 3.71. The predicted octanol–water partition coefficient (Wildman–Crippen LogP) is 2.14. The number of nitrogens with zero attached hydrogens (tertiary/aromatic N) is 2.